The molecule has 0 aromatic heterocycles. The minimum absolute atomic E-state index is 0.135. The molecule has 0 fully saturated rings. The van der Waals surface area contributed by atoms with Gasteiger partial charge in [0.2, 0.25) is 15.9 Å². The van der Waals surface area contributed by atoms with Crippen molar-refractivity contribution in [3.05, 3.63) is 66.7 Å². The highest BCUT2D eigenvalue weighted by molar-refractivity contribution is 7.92. The number of rotatable bonds is 7. The van der Waals surface area contributed by atoms with Gasteiger partial charge in [-0.15, -0.1) is 0 Å². The first-order chi connectivity index (χ1) is 12.9. The summed E-state index contributed by atoms with van der Waals surface area (Å²) in [7, 11) is -3.44. The van der Waals surface area contributed by atoms with Crippen molar-refractivity contribution in [1.82, 2.24) is 0 Å². The first-order valence-corrected chi connectivity index (χ1v) is 10.3. The summed E-state index contributed by atoms with van der Waals surface area (Å²) in [5.74, 6) is 0.457. The Kier molecular flexibility index (Phi) is 5.61. The van der Waals surface area contributed by atoms with E-state index in [1.807, 2.05) is 42.5 Å². The Labute approximate surface area is 158 Å². The van der Waals surface area contributed by atoms with Crippen LogP contribution in [0.15, 0.2) is 66.7 Å². The van der Waals surface area contributed by atoms with Gasteiger partial charge in [0.25, 0.3) is 0 Å². The standard InChI is InChI=1S/C20H20N2O4S/c1-27(24,25)22-18-11-5-4-10-17(18)21-20(23)13-14-26-19-12-6-8-15-7-2-3-9-16(15)19/h2-12,22H,13-14H2,1H3,(H,21,23). The summed E-state index contributed by atoms with van der Waals surface area (Å²) in [6.45, 7) is 0.210. The van der Waals surface area contributed by atoms with Gasteiger partial charge in [-0.25, -0.2) is 8.42 Å². The van der Waals surface area contributed by atoms with E-state index in [-0.39, 0.29) is 18.9 Å². The van der Waals surface area contributed by atoms with Crippen molar-refractivity contribution in [2.45, 2.75) is 6.42 Å². The summed E-state index contributed by atoms with van der Waals surface area (Å²) in [6, 6.07) is 20.3. The van der Waals surface area contributed by atoms with Crippen LogP contribution in [0.2, 0.25) is 0 Å². The zero-order valence-corrected chi connectivity index (χ0v) is 15.6. The zero-order chi connectivity index (χ0) is 19.3. The van der Waals surface area contributed by atoms with E-state index in [1.54, 1.807) is 24.3 Å². The number of ether oxygens (including phenoxy) is 1. The maximum absolute atomic E-state index is 12.2. The second-order valence-electron chi connectivity index (χ2n) is 6.04. The minimum atomic E-state index is -3.44. The average Bonchev–Trinajstić information content (AvgIpc) is 2.62. The summed E-state index contributed by atoms with van der Waals surface area (Å²) in [4.78, 5) is 12.2. The molecule has 0 aliphatic carbocycles. The number of benzene rings is 3. The number of anilines is 2. The van der Waals surface area contributed by atoms with Crippen LogP contribution < -0.4 is 14.8 Å². The third-order valence-electron chi connectivity index (χ3n) is 3.83. The highest BCUT2D eigenvalue weighted by Gasteiger charge is 2.10. The lowest BCUT2D eigenvalue weighted by Gasteiger charge is -2.12. The summed E-state index contributed by atoms with van der Waals surface area (Å²) in [5.41, 5.74) is 0.724. The van der Waals surface area contributed by atoms with Crippen molar-refractivity contribution in [1.29, 1.82) is 0 Å². The van der Waals surface area contributed by atoms with Gasteiger partial charge in [-0.1, -0.05) is 48.5 Å². The van der Waals surface area contributed by atoms with E-state index in [0.29, 0.717) is 11.4 Å². The van der Waals surface area contributed by atoms with Crippen molar-refractivity contribution in [2.24, 2.45) is 0 Å². The normalized spacial score (nSPS) is 11.1. The van der Waals surface area contributed by atoms with Crippen molar-refractivity contribution in [3.8, 4) is 5.75 Å². The summed E-state index contributed by atoms with van der Waals surface area (Å²) >= 11 is 0. The number of hydrogen-bond donors (Lipinski definition) is 2. The molecule has 3 aromatic rings. The van der Waals surface area contributed by atoms with Crippen molar-refractivity contribution in [2.75, 3.05) is 22.9 Å². The third-order valence-corrected chi connectivity index (χ3v) is 4.42. The van der Waals surface area contributed by atoms with Crippen molar-refractivity contribution < 1.29 is 17.9 Å². The molecular weight excluding hydrogens is 364 g/mol. The first kappa shape index (κ1) is 18.7. The molecule has 0 aliphatic rings. The maximum atomic E-state index is 12.2. The van der Waals surface area contributed by atoms with E-state index in [4.69, 9.17) is 4.74 Å². The number of nitrogens with one attached hydrogen (secondary N) is 2. The summed E-state index contributed by atoms with van der Waals surface area (Å²) < 4.78 is 31.0. The van der Waals surface area contributed by atoms with Gasteiger partial charge in [0, 0.05) is 5.39 Å². The van der Waals surface area contributed by atoms with Crippen molar-refractivity contribution in [3.63, 3.8) is 0 Å². The lowest BCUT2D eigenvalue weighted by Crippen LogP contribution is -2.17. The molecule has 6 nitrogen and oxygen atoms in total. The largest absolute Gasteiger partial charge is 0.492 e. The molecular formula is C20H20N2O4S. The molecule has 0 heterocycles. The predicted molar refractivity (Wildman–Crippen MR) is 108 cm³/mol. The molecule has 0 saturated heterocycles. The Morgan fingerprint density at radius 2 is 1.59 bits per heavy atom. The van der Waals surface area contributed by atoms with Crippen LogP contribution in [0.4, 0.5) is 11.4 Å². The first-order valence-electron chi connectivity index (χ1n) is 8.39. The Balaban J connectivity index is 1.61. The SMILES string of the molecule is CS(=O)(=O)Nc1ccccc1NC(=O)CCOc1cccc2ccccc12. The summed E-state index contributed by atoms with van der Waals surface area (Å²) in [6.07, 6.45) is 1.19. The van der Waals surface area contributed by atoms with Gasteiger partial charge in [-0.3, -0.25) is 9.52 Å². The molecule has 1 amide bonds. The quantitative estimate of drug-likeness (QED) is 0.652. The topological polar surface area (TPSA) is 84.5 Å². The van der Waals surface area contributed by atoms with Crippen LogP contribution in [0.1, 0.15) is 6.42 Å². The Morgan fingerprint density at radius 1 is 0.926 bits per heavy atom. The van der Waals surface area contributed by atoms with Gasteiger partial charge < -0.3 is 10.1 Å². The van der Waals surface area contributed by atoms with Gasteiger partial charge in [-0.05, 0) is 23.6 Å². The molecule has 0 bridgehead atoms. The molecule has 0 atom stereocenters. The second kappa shape index (κ2) is 8.09. The average molecular weight is 384 g/mol. The number of fused-ring (bicyclic) bond motifs is 1. The Bertz CT molecular complexity index is 1060. The van der Waals surface area contributed by atoms with Crippen LogP contribution in [0, 0.1) is 0 Å². The van der Waals surface area contributed by atoms with Crippen LogP contribution in [-0.2, 0) is 14.8 Å². The lowest BCUT2D eigenvalue weighted by atomic mass is 10.1. The fourth-order valence-electron chi connectivity index (χ4n) is 2.67. The van der Waals surface area contributed by atoms with Crippen molar-refractivity contribution >= 4 is 38.1 Å². The molecule has 3 rings (SSSR count). The third kappa shape index (κ3) is 5.21. The number of para-hydroxylation sites is 2. The van der Waals surface area contributed by atoms with Crippen LogP contribution in [0.5, 0.6) is 5.75 Å². The molecule has 0 saturated carbocycles. The van der Waals surface area contributed by atoms with Crippen LogP contribution in [0.25, 0.3) is 10.8 Å². The number of carbonyl (C=O) groups excluding carboxylic acids is 1. The summed E-state index contributed by atoms with van der Waals surface area (Å²) in [5, 5.41) is 4.77. The highest BCUT2D eigenvalue weighted by atomic mass is 32.2. The van der Waals surface area contributed by atoms with E-state index in [0.717, 1.165) is 22.8 Å². The fourth-order valence-corrected chi connectivity index (χ4v) is 3.25. The molecule has 27 heavy (non-hydrogen) atoms. The molecule has 7 heteroatoms. The van der Waals surface area contributed by atoms with E-state index in [2.05, 4.69) is 10.0 Å². The Morgan fingerprint density at radius 3 is 2.37 bits per heavy atom. The molecule has 0 unspecified atom stereocenters. The van der Waals surface area contributed by atoms with Gasteiger partial charge in [0.15, 0.2) is 0 Å². The Hall–Kier alpha value is -3.06. The fraction of sp³-hybridized carbons (Fsp3) is 0.150. The maximum Gasteiger partial charge on any atom is 0.229 e. The molecule has 2 N–H and O–H groups in total. The van der Waals surface area contributed by atoms with Crippen LogP contribution >= 0.6 is 0 Å². The predicted octanol–water partition coefficient (Wildman–Crippen LogP) is 3.62. The number of sulfonamides is 1. The van der Waals surface area contributed by atoms with E-state index >= 15 is 0 Å². The van der Waals surface area contributed by atoms with Crippen LogP contribution in [0.3, 0.4) is 0 Å². The van der Waals surface area contributed by atoms with Crippen LogP contribution in [-0.4, -0.2) is 27.2 Å². The van der Waals surface area contributed by atoms with Gasteiger partial charge >= 0.3 is 0 Å². The van der Waals surface area contributed by atoms with Gasteiger partial charge in [0.1, 0.15) is 5.75 Å². The molecule has 0 spiro atoms. The van der Waals surface area contributed by atoms with E-state index in [9.17, 15) is 13.2 Å². The van der Waals surface area contributed by atoms with E-state index in [1.165, 1.54) is 0 Å². The minimum Gasteiger partial charge on any atom is -0.492 e. The molecule has 0 aliphatic heterocycles. The molecule has 0 radical (unpaired) electrons. The highest BCUT2D eigenvalue weighted by Crippen LogP contribution is 2.25. The van der Waals surface area contributed by atoms with Gasteiger partial charge in [0.05, 0.1) is 30.7 Å². The number of carbonyl (C=O) groups is 1. The van der Waals surface area contributed by atoms with E-state index < -0.39 is 10.0 Å². The molecule has 140 valence electrons. The monoisotopic (exact) mass is 384 g/mol. The number of hydrogen-bond acceptors (Lipinski definition) is 4. The lowest BCUT2D eigenvalue weighted by molar-refractivity contribution is -0.116. The van der Waals surface area contributed by atoms with Gasteiger partial charge in [-0.2, -0.15) is 0 Å². The second-order valence-corrected chi connectivity index (χ2v) is 7.79. The smallest absolute Gasteiger partial charge is 0.229 e. The molecule has 3 aromatic carbocycles. The zero-order valence-electron chi connectivity index (χ0n) is 14.8. The number of amides is 1.